The average Bonchev–Trinajstić information content (AvgIpc) is 2.30. The van der Waals surface area contributed by atoms with E-state index in [0.29, 0.717) is 0 Å². The number of ether oxygens (including phenoxy) is 1. The summed E-state index contributed by atoms with van der Waals surface area (Å²) in [5.41, 5.74) is 0. The molecule has 3 rings (SSSR count). The number of hydrogen-bond donors (Lipinski definition) is 0. The van der Waals surface area contributed by atoms with E-state index < -0.39 is 7.80 Å². The van der Waals surface area contributed by atoms with Crippen LogP contribution < -0.4 is 15.3 Å². The topological polar surface area (TPSA) is 26.3 Å². The van der Waals surface area contributed by atoms with Crippen molar-refractivity contribution in [3.05, 3.63) is 48.5 Å². The minimum atomic E-state index is -1.88. The first kappa shape index (κ1) is 8.75. The Morgan fingerprint density at radius 3 is 1.80 bits per heavy atom. The van der Waals surface area contributed by atoms with E-state index >= 15 is 0 Å². The van der Waals surface area contributed by atoms with Gasteiger partial charge in [-0.1, -0.05) is 24.3 Å². The molecule has 0 unspecified atom stereocenters. The van der Waals surface area contributed by atoms with E-state index in [4.69, 9.17) is 4.74 Å². The van der Waals surface area contributed by atoms with Gasteiger partial charge < -0.3 is 9.30 Å². The zero-order chi connectivity index (χ0) is 10.3. The summed E-state index contributed by atoms with van der Waals surface area (Å²) in [4.78, 5) is 0. The van der Waals surface area contributed by atoms with Crippen LogP contribution in [-0.2, 0) is 4.57 Å². The minimum absolute atomic E-state index is 0.722. The second-order valence-corrected chi connectivity index (χ2v) is 5.16. The summed E-state index contributed by atoms with van der Waals surface area (Å²) < 4.78 is 17.9. The Morgan fingerprint density at radius 2 is 1.27 bits per heavy atom. The van der Waals surface area contributed by atoms with E-state index in [-0.39, 0.29) is 0 Å². The van der Waals surface area contributed by atoms with Crippen LogP contribution in [0.3, 0.4) is 0 Å². The third kappa shape index (κ3) is 1.30. The van der Waals surface area contributed by atoms with E-state index in [0.717, 1.165) is 22.1 Å². The fraction of sp³-hybridized carbons (Fsp3) is 0. The monoisotopic (exact) mass is 216 g/mol. The zero-order valence-electron chi connectivity index (χ0n) is 7.94. The minimum Gasteiger partial charge on any atom is -0.456 e. The first-order valence-corrected chi connectivity index (χ1v) is 6.18. The molecule has 0 aliphatic carbocycles. The van der Waals surface area contributed by atoms with Crippen molar-refractivity contribution >= 4 is 18.4 Å². The SMILES string of the molecule is O=[PH]1c2ccccc2Oc2ccccc21. The summed E-state index contributed by atoms with van der Waals surface area (Å²) in [6.45, 7) is 0. The third-order valence-corrected chi connectivity index (χ3v) is 4.29. The lowest BCUT2D eigenvalue weighted by Gasteiger charge is -2.19. The Balaban J connectivity index is 2.24. The molecular formula is C12H9O2P. The molecule has 1 aliphatic rings. The smallest absolute Gasteiger partial charge is 0.139 e. The Hall–Kier alpha value is -1.53. The van der Waals surface area contributed by atoms with Crippen molar-refractivity contribution < 1.29 is 9.30 Å². The van der Waals surface area contributed by atoms with Gasteiger partial charge in [0, 0.05) is 0 Å². The van der Waals surface area contributed by atoms with Crippen molar-refractivity contribution in [2.75, 3.05) is 0 Å². The normalized spacial score (nSPS) is 13.9. The van der Waals surface area contributed by atoms with Crippen LogP contribution in [0.15, 0.2) is 48.5 Å². The lowest BCUT2D eigenvalue weighted by Crippen LogP contribution is -2.16. The van der Waals surface area contributed by atoms with Crippen LogP contribution in [0.5, 0.6) is 11.5 Å². The molecule has 74 valence electrons. The Bertz CT molecular complexity index is 501. The van der Waals surface area contributed by atoms with E-state index in [9.17, 15) is 4.57 Å². The first-order chi connectivity index (χ1) is 7.36. The summed E-state index contributed by atoms with van der Waals surface area (Å²) in [6, 6.07) is 15.0. The molecule has 15 heavy (non-hydrogen) atoms. The predicted molar refractivity (Wildman–Crippen MR) is 61.2 cm³/mol. The van der Waals surface area contributed by atoms with E-state index in [1.165, 1.54) is 0 Å². The van der Waals surface area contributed by atoms with Gasteiger partial charge in [0.2, 0.25) is 0 Å². The Labute approximate surface area is 88.3 Å². The lowest BCUT2D eigenvalue weighted by atomic mass is 10.3. The fourth-order valence-corrected chi connectivity index (χ4v) is 3.25. The molecule has 0 saturated heterocycles. The second kappa shape index (κ2) is 3.25. The van der Waals surface area contributed by atoms with Gasteiger partial charge in [-0.3, -0.25) is 0 Å². The van der Waals surface area contributed by atoms with Gasteiger partial charge in [0.25, 0.3) is 0 Å². The van der Waals surface area contributed by atoms with Crippen molar-refractivity contribution in [3.8, 4) is 11.5 Å². The molecule has 1 aliphatic heterocycles. The molecule has 0 radical (unpaired) electrons. The third-order valence-electron chi connectivity index (χ3n) is 2.48. The van der Waals surface area contributed by atoms with Gasteiger partial charge in [0.15, 0.2) is 0 Å². The van der Waals surface area contributed by atoms with Gasteiger partial charge in [-0.05, 0) is 24.3 Å². The number of hydrogen-bond acceptors (Lipinski definition) is 2. The molecule has 2 aromatic carbocycles. The summed E-state index contributed by atoms with van der Waals surface area (Å²) in [7, 11) is -1.88. The van der Waals surface area contributed by atoms with Crippen LogP contribution in [0.1, 0.15) is 0 Å². The number of benzene rings is 2. The van der Waals surface area contributed by atoms with Gasteiger partial charge in [-0.25, -0.2) is 0 Å². The molecule has 0 spiro atoms. The highest BCUT2D eigenvalue weighted by Crippen LogP contribution is 2.36. The molecule has 0 aromatic heterocycles. The molecular weight excluding hydrogens is 207 g/mol. The molecule has 2 aromatic rings. The van der Waals surface area contributed by atoms with Crippen molar-refractivity contribution in [1.82, 2.24) is 0 Å². The molecule has 0 atom stereocenters. The second-order valence-electron chi connectivity index (χ2n) is 3.42. The Morgan fingerprint density at radius 1 is 0.800 bits per heavy atom. The van der Waals surface area contributed by atoms with Gasteiger partial charge in [-0.15, -0.1) is 0 Å². The van der Waals surface area contributed by atoms with Crippen LogP contribution >= 0.6 is 7.80 Å². The van der Waals surface area contributed by atoms with Crippen LogP contribution in [-0.4, -0.2) is 0 Å². The molecule has 0 saturated carbocycles. The van der Waals surface area contributed by atoms with Crippen molar-refractivity contribution in [1.29, 1.82) is 0 Å². The van der Waals surface area contributed by atoms with Crippen LogP contribution in [0.2, 0.25) is 0 Å². The molecule has 0 bridgehead atoms. The predicted octanol–water partition coefficient (Wildman–Crippen LogP) is 2.30. The average molecular weight is 216 g/mol. The number of para-hydroxylation sites is 2. The highest BCUT2D eigenvalue weighted by molar-refractivity contribution is 7.62. The summed E-state index contributed by atoms with van der Waals surface area (Å²) >= 11 is 0. The quantitative estimate of drug-likeness (QED) is 0.539. The molecule has 3 heteroatoms. The standard InChI is InChI=1S/C12H9O2P/c13-15-11-7-3-1-5-9(11)14-10-6-2-4-8-12(10)15/h1-8,15H. The van der Waals surface area contributed by atoms with Gasteiger partial charge in [0.1, 0.15) is 19.3 Å². The molecule has 0 N–H and O–H groups in total. The maximum absolute atomic E-state index is 12.2. The van der Waals surface area contributed by atoms with Crippen molar-refractivity contribution in [2.45, 2.75) is 0 Å². The number of rotatable bonds is 0. The summed E-state index contributed by atoms with van der Waals surface area (Å²) in [6.07, 6.45) is 0. The molecule has 0 amide bonds. The van der Waals surface area contributed by atoms with E-state index in [2.05, 4.69) is 0 Å². The van der Waals surface area contributed by atoms with Gasteiger partial charge in [-0.2, -0.15) is 0 Å². The molecule has 1 heterocycles. The largest absolute Gasteiger partial charge is 0.456 e. The highest BCUT2D eigenvalue weighted by atomic mass is 31.1. The maximum Gasteiger partial charge on any atom is 0.139 e. The van der Waals surface area contributed by atoms with Crippen LogP contribution in [0.4, 0.5) is 0 Å². The summed E-state index contributed by atoms with van der Waals surface area (Å²) in [5.74, 6) is 1.44. The Kier molecular flexibility index (Phi) is 1.90. The molecule has 2 nitrogen and oxygen atoms in total. The fourth-order valence-electron chi connectivity index (χ4n) is 1.75. The highest BCUT2D eigenvalue weighted by Gasteiger charge is 2.21. The van der Waals surface area contributed by atoms with Crippen molar-refractivity contribution in [2.24, 2.45) is 0 Å². The lowest BCUT2D eigenvalue weighted by molar-refractivity contribution is 0.486. The zero-order valence-corrected chi connectivity index (χ0v) is 8.94. The number of fused-ring (bicyclic) bond motifs is 2. The molecule has 0 fully saturated rings. The van der Waals surface area contributed by atoms with Crippen molar-refractivity contribution in [3.63, 3.8) is 0 Å². The van der Waals surface area contributed by atoms with E-state index in [1.807, 2.05) is 48.5 Å². The van der Waals surface area contributed by atoms with Gasteiger partial charge in [0.05, 0.1) is 10.6 Å². The summed E-state index contributed by atoms with van der Waals surface area (Å²) in [5, 5.41) is 1.64. The maximum atomic E-state index is 12.2. The first-order valence-electron chi connectivity index (χ1n) is 4.77. The van der Waals surface area contributed by atoms with E-state index in [1.54, 1.807) is 0 Å². The van der Waals surface area contributed by atoms with Crippen LogP contribution in [0, 0.1) is 0 Å². The van der Waals surface area contributed by atoms with Gasteiger partial charge >= 0.3 is 0 Å². The van der Waals surface area contributed by atoms with Crippen LogP contribution in [0.25, 0.3) is 0 Å².